The molecule has 0 unspecified atom stereocenters. The van der Waals surface area contributed by atoms with Crippen LogP contribution >= 0.6 is 15.9 Å². The average Bonchev–Trinajstić information content (AvgIpc) is 2.83. The maximum absolute atomic E-state index is 4.61. The molecule has 0 aliphatic carbocycles. The Morgan fingerprint density at radius 2 is 1.91 bits per heavy atom. The fourth-order valence-electron chi connectivity index (χ4n) is 2.61. The Morgan fingerprint density at radius 1 is 1.09 bits per heavy atom. The van der Waals surface area contributed by atoms with Crippen LogP contribution in [0, 0.1) is 20.8 Å². The van der Waals surface area contributed by atoms with E-state index >= 15 is 0 Å². The Bertz CT molecular complexity index is 864. The van der Waals surface area contributed by atoms with Crippen molar-refractivity contribution in [3.8, 4) is 5.82 Å². The zero-order valence-corrected chi connectivity index (χ0v) is 15.0. The van der Waals surface area contributed by atoms with E-state index in [9.17, 15) is 0 Å². The second-order valence-electron chi connectivity index (χ2n) is 5.54. The molecule has 0 atom stereocenters. The first-order valence-corrected chi connectivity index (χ1v) is 8.26. The van der Waals surface area contributed by atoms with E-state index < -0.39 is 0 Å². The van der Waals surface area contributed by atoms with Gasteiger partial charge in [-0.1, -0.05) is 22.0 Å². The van der Waals surface area contributed by atoms with Crippen LogP contribution in [0.25, 0.3) is 5.82 Å². The standard InChI is InChI=1S/C19H18BrN3/c1-13-10-17(7-8-18(13)20)22-12-16-11-14(2)23(15(16)3)19-6-4-5-9-21-19/h4-12H,1-3H3. The minimum Gasteiger partial charge on any atom is -0.303 e. The van der Waals surface area contributed by atoms with Crippen molar-refractivity contribution in [3.63, 3.8) is 0 Å². The Morgan fingerprint density at radius 3 is 2.61 bits per heavy atom. The molecule has 2 aromatic heterocycles. The maximum Gasteiger partial charge on any atom is 0.136 e. The van der Waals surface area contributed by atoms with Gasteiger partial charge in [0.2, 0.25) is 0 Å². The Balaban J connectivity index is 1.95. The summed E-state index contributed by atoms with van der Waals surface area (Å²) in [6.07, 6.45) is 3.73. The van der Waals surface area contributed by atoms with Crippen molar-refractivity contribution < 1.29 is 0 Å². The van der Waals surface area contributed by atoms with Crippen molar-refractivity contribution in [2.45, 2.75) is 20.8 Å². The van der Waals surface area contributed by atoms with Gasteiger partial charge >= 0.3 is 0 Å². The van der Waals surface area contributed by atoms with Crippen molar-refractivity contribution >= 4 is 27.8 Å². The number of rotatable bonds is 3. The van der Waals surface area contributed by atoms with Crippen molar-refractivity contribution in [3.05, 3.63) is 75.6 Å². The molecule has 0 aliphatic rings. The molecule has 23 heavy (non-hydrogen) atoms. The van der Waals surface area contributed by atoms with Crippen molar-refractivity contribution in [1.82, 2.24) is 9.55 Å². The minimum atomic E-state index is 0.932. The van der Waals surface area contributed by atoms with Gasteiger partial charge in [-0.05, 0) is 62.7 Å². The van der Waals surface area contributed by atoms with Crippen LogP contribution in [0.5, 0.6) is 0 Å². The maximum atomic E-state index is 4.61. The molecule has 3 aromatic rings. The number of aryl methyl sites for hydroxylation is 2. The molecule has 0 saturated carbocycles. The van der Waals surface area contributed by atoms with Gasteiger partial charge in [0.1, 0.15) is 5.82 Å². The number of hydrogen-bond acceptors (Lipinski definition) is 2. The molecule has 0 radical (unpaired) electrons. The molecule has 0 aliphatic heterocycles. The lowest BCUT2D eigenvalue weighted by atomic mass is 10.2. The minimum absolute atomic E-state index is 0.932. The van der Waals surface area contributed by atoms with Crippen LogP contribution in [-0.4, -0.2) is 15.8 Å². The zero-order valence-electron chi connectivity index (χ0n) is 13.4. The highest BCUT2D eigenvalue weighted by Gasteiger charge is 2.09. The number of nitrogens with zero attached hydrogens (tertiary/aromatic N) is 3. The fraction of sp³-hybridized carbons (Fsp3) is 0.158. The molecule has 3 rings (SSSR count). The molecule has 0 fully saturated rings. The summed E-state index contributed by atoms with van der Waals surface area (Å²) in [6, 6.07) is 14.2. The first-order chi connectivity index (χ1) is 11.1. The first kappa shape index (κ1) is 15.7. The highest BCUT2D eigenvalue weighted by molar-refractivity contribution is 9.10. The van der Waals surface area contributed by atoms with E-state index in [-0.39, 0.29) is 0 Å². The number of pyridine rings is 1. The zero-order chi connectivity index (χ0) is 16.4. The molecule has 116 valence electrons. The summed E-state index contributed by atoms with van der Waals surface area (Å²) in [5.41, 5.74) is 5.52. The molecule has 2 heterocycles. The lowest BCUT2D eigenvalue weighted by Gasteiger charge is -2.07. The lowest BCUT2D eigenvalue weighted by molar-refractivity contribution is 0.921. The molecule has 3 nitrogen and oxygen atoms in total. The SMILES string of the molecule is Cc1cc(N=Cc2cc(C)n(-c3ccccn3)c2C)ccc1Br. The summed E-state index contributed by atoms with van der Waals surface area (Å²) in [6.45, 7) is 6.24. The quantitative estimate of drug-likeness (QED) is 0.576. The highest BCUT2D eigenvalue weighted by Crippen LogP contribution is 2.23. The molecule has 4 heteroatoms. The van der Waals surface area contributed by atoms with Crippen LogP contribution in [-0.2, 0) is 0 Å². The van der Waals surface area contributed by atoms with E-state index in [1.807, 2.05) is 42.7 Å². The third kappa shape index (κ3) is 3.27. The number of halogens is 1. The number of hydrogen-bond donors (Lipinski definition) is 0. The second-order valence-corrected chi connectivity index (χ2v) is 6.40. The first-order valence-electron chi connectivity index (χ1n) is 7.47. The number of benzene rings is 1. The Labute approximate surface area is 144 Å². The smallest absolute Gasteiger partial charge is 0.136 e. The number of aliphatic imine (C=N–C) groups is 1. The summed E-state index contributed by atoms with van der Waals surface area (Å²) < 4.78 is 3.25. The van der Waals surface area contributed by atoms with Crippen LogP contribution in [0.4, 0.5) is 5.69 Å². The largest absolute Gasteiger partial charge is 0.303 e. The molecule has 0 N–H and O–H groups in total. The van der Waals surface area contributed by atoms with E-state index in [2.05, 4.69) is 63.4 Å². The van der Waals surface area contributed by atoms with Crippen LogP contribution in [0.3, 0.4) is 0 Å². The Hall–Kier alpha value is -2.20. The van der Waals surface area contributed by atoms with Crippen molar-refractivity contribution in [2.75, 3.05) is 0 Å². The topological polar surface area (TPSA) is 30.2 Å². The van der Waals surface area contributed by atoms with Crippen LogP contribution in [0.2, 0.25) is 0 Å². The average molecular weight is 368 g/mol. The summed E-state index contributed by atoms with van der Waals surface area (Å²) in [5, 5.41) is 0. The molecular formula is C19H18BrN3. The second kappa shape index (κ2) is 6.50. The van der Waals surface area contributed by atoms with Gasteiger partial charge in [-0.25, -0.2) is 4.98 Å². The normalized spacial score (nSPS) is 11.3. The van der Waals surface area contributed by atoms with Gasteiger partial charge in [-0.3, -0.25) is 4.99 Å². The molecule has 0 bridgehead atoms. The summed E-state index contributed by atoms with van der Waals surface area (Å²) in [7, 11) is 0. The van der Waals surface area contributed by atoms with Gasteiger partial charge in [0, 0.05) is 33.8 Å². The molecule has 1 aromatic carbocycles. The Kier molecular flexibility index (Phi) is 4.44. The van der Waals surface area contributed by atoms with Gasteiger partial charge in [0.15, 0.2) is 0 Å². The van der Waals surface area contributed by atoms with E-state index in [0.29, 0.717) is 0 Å². The number of aromatic nitrogens is 2. The van der Waals surface area contributed by atoms with Gasteiger partial charge < -0.3 is 4.57 Å². The van der Waals surface area contributed by atoms with E-state index in [1.54, 1.807) is 0 Å². The van der Waals surface area contributed by atoms with Gasteiger partial charge in [0.05, 0.1) is 5.69 Å². The predicted octanol–water partition coefficient (Wildman–Crippen LogP) is 5.31. The molecule has 0 spiro atoms. The summed E-state index contributed by atoms with van der Waals surface area (Å²) in [5.74, 6) is 0.932. The highest BCUT2D eigenvalue weighted by atomic mass is 79.9. The van der Waals surface area contributed by atoms with E-state index in [4.69, 9.17) is 0 Å². The third-order valence-corrected chi connectivity index (χ3v) is 4.73. The van der Waals surface area contributed by atoms with Crippen LogP contribution < -0.4 is 0 Å². The molecular weight excluding hydrogens is 350 g/mol. The van der Waals surface area contributed by atoms with Crippen LogP contribution in [0.15, 0.2) is 58.1 Å². The van der Waals surface area contributed by atoms with Gasteiger partial charge in [-0.2, -0.15) is 0 Å². The van der Waals surface area contributed by atoms with Crippen molar-refractivity contribution in [1.29, 1.82) is 0 Å². The third-order valence-electron chi connectivity index (χ3n) is 3.84. The van der Waals surface area contributed by atoms with E-state index in [0.717, 1.165) is 32.9 Å². The predicted molar refractivity (Wildman–Crippen MR) is 99.2 cm³/mol. The van der Waals surface area contributed by atoms with Gasteiger partial charge in [-0.15, -0.1) is 0 Å². The molecule has 0 saturated heterocycles. The monoisotopic (exact) mass is 367 g/mol. The van der Waals surface area contributed by atoms with Crippen LogP contribution in [0.1, 0.15) is 22.5 Å². The summed E-state index contributed by atoms with van der Waals surface area (Å²) >= 11 is 3.51. The molecule has 0 amide bonds. The lowest BCUT2D eigenvalue weighted by Crippen LogP contribution is -2.01. The van der Waals surface area contributed by atoms with Gasteiger partial charge in [0.25, 0.3) is 0 Å². The summed E-state index contributed by atoms with van der Waals surface area (Å²) in [4.78, 5) is 9.04. The van der Waals surface area contributed by atoms with Crippen molar-refractivity contribution in [2.24, 2.45) is 4.99 Å². The fourth-order valence-corrected chi connectivity index (χ4v) is 2.86. The van der Waals surface area contributed by atoms with E-state index in [1.165, 1.54) is 5.56 Å².